The molecule has 4 N–H and O–H groups in total. The molecule has 4 aromatic rings. The Morgan fingerprint density at radius 1 is 1.14 bits per heavy atom. The van der Waals surface area contributed by atoms with E-state index in [0.717, 1.165) is 28.7 Å². The maximum Gasteiger partial charge on any atom is 0.278 e. The summed E-state index contributed by atoms with van der Waals surface area (Å²) in [5.41, 5.74) is 4.04. The summed E-state index contributed by atoms with van der Waals surface area (Å²) in [6, 6.07) is 14.8. The lowest BCUT2D eigenvalue weighted by Crippen LogP contribution is -2.46. The molecular weight excluding hydrogens is 581 g/mol. The molecule has 0 spiro atoms. The van der Waals surface area contributed by atoms with Crippen LogP contribution < -0.4 is 20.9 Å². The Hall–Kier alpha value is -3.80. The topological polar surface area (TPSA) is 138 Å². The molecule has 1 aliphatic rings. The third-order valence-corrected chi connectivity index (χ3v) is 7.89. The van der Waals surface area contributed by atoms with Gasteiger partial charge in [-0.2, -0.15) is 5.10 Å². The Morgan fingerprint density at radius 2 is 1.90 bits per heavy atom. The molecule has 12 heteroatoms. The molecule has 0 bridgehead atoms. The molecule has 0 aliphatic carbocycles. The van der Waals surface area contributed by atoms with Crippen molar-refractivity contribution >= 4 is 34.8 Å². The molecular formula is C30H29Cl2N5O5. The number of nitrogens with one attached hydrogen (secondary N) is 3. The molecule has 3 heterocycles. The van der Waals surface area contributed by atoms with Gasteiger partial charge in [-0.3, -0.25) is 9.59 Å². The number of halogens is 2. The van der Waals surface area contributed by atoms with Gasteiger partial charge >= 0.3 is 0 Å². The zero-order valence-corrected chi connectivity index (χ0v) is 24.4. The highest BCUT2D eigenvalue weighted by Crippen LogP contribution is 2.39. The number of hydrogen-bond acceptors (Lipinski definition) is 8. The van der Waals surface area contributed by atoms with E-state index in [1.807, 2.05) is 43.3 Å². The van der Waals surface area contributed by atoms with Gasteiger partial charge in [0.2, 0.25) is 5.88 Å². The average Bonchev–Trinajstić information content (AvgIpc) is 2.98. The van der Waals surface area contributed by atoms with Crippen molar-refractivity contribution in [2.24, 2.45) is 0 Å². The molecule has 218 valence electrons. The smallest absolute Gasteiger partial charge is 0.278 e. The maximum absolute atomic E-state index is 12.9. The SMILES string of the molecule is COc1nc(-c2cccc(-c3cccc(NC(=O)c4c(Cl)cn[nH]c4=O)c3C)c2Cl)ccc1CNC1CCOC[C@@H]1O. The van der Waals surface area contributed by atoms with Crippen LogP contribution in [0, 0.1) is 6.92 Å². The van der Waals surface area contributed by atoms with Gasteiger partial charge in [0.15, 0.2) is 0 Å². The summed E-state index contributed by atoms with van der Waals surface area (Å²) in [6.07, 6.45) is 1.36. The lowest BCUT2D eigenvalue weighted by atomic mass is 9.96. The third-order valence-electron chi connectivity index (χ3n) is 7.20. The van der Waals surface area contributed by atoms with Crippen LogP contribution in [0.15, 0.2) is 59.5 Å². The van der Waals surface area contributed by atoms with Gasteiger partial charge in [-0.25, -0.2) is 10.1 Å². The summed E-state index contributed by atoms with van der Waals surface area (Å²) < 4.78 is 10.9. The van der Waals surface area contributed by atoms with E-state index < -0.39 is 17.6 Å². The second-order valence-electron chi connectivity index (χ2n) is 9.80. The van der Waals surface area contributed by atoms with Crippen LogP contribution in [0.2, 0.25) is 10.0 Å². The van der Waals surface area contributed by atoms with Gasteiger partial charge in [0, 0.05) is 41.6 Å². The first-order valence-corrected chi connectivity index (χ1v) is 14.0. The molecule has 10 nitrogen and oxygen atoms in total. The number of carbonyl (C=O) groups is 1. The Balaban J connectivity index is 1.42. The highest BCUT2D eigenvalue weighted by atomic mass is 35.5. The van der Waals surface area contributed by atoms with Crippen LogP contribution in [0.4, 0.5) is 5.69 Å². The Bertz CT molecular complexity index is 1680. The summed E-state index contributed by atoms with van der Waals surface area (Å²) in [7, 11) is 1.56. The quantitative estimate of drug-likeness (QED) is 0.227. The van der Waals surface area contributed by atoms with E-state index in [2.05, 4.69) is 20.8 Å². The van der Waals surface area contributed by atoms with E-state index in [-0.39, 0.29) is 16.6 Å². The number of aromatic amines is 1. The number of nitrogens with zero attached hydrogens (tertiary/aromatic N) is 2. The van der Waals surface area contributed by atoms with E-state index in [1.165, 1.54) is 6.20 Å². The van der Waals surface area contributed by atoms with E-state index in [1.54, 1.807) is 19.2 Å². The summed E-state index contributed by atoms with van der Waals surface area (Å²) in [6.45, 7) is 3.24. The molecule has 0 saturated carbocycles. The molecule has 5 rings (SSSR count). The van der Waals surface area contributed by atoms with Gasteiger partial charge in [-0.1, -0.05) is 59.6 Å². The first kappa shape index (κ1) is 29.7. The minimum Gasteiger partial charge on any atom is -0.481 e. The fraction of sp³-hybridized carbons (Fsp3) is 0.267. The third kappa shape index (κ3) is 6.18. The molecule has 1 amide bonds. The highest BCUT2D eigenvalue weighted by Gasteiger charge is 2.24. The number of carbonyl (C=O) groups excluding carboxylic acids is 1. The largest absolute Gasteiger partial charge is 0.481 e. The Kier molecular flexibility index (Phi) is 9.20. The number of benzene rings is 2. The molecule has 2 aromatic carbocycles. The van der Waals surface area contributed by atoms with Crippen LogP contribution in [0.1, 0.15) is 27.9 Å². The number of aliphatic hydroxyl groups excluding tert-OH is 1. The lowest BCUT2D eigenvalue weighted by molar-refractivity contribution is -0.0281. The average molecular weight is 610 g/mol. The van der Waals surface area contributed by atoms with Gasteiger partial charge < -0.3 is 25.2 Å². The minimum absolute atomic E-state index is 0.0493. The molecule has 42 heavy (non-hydrogen) atoms. The van der Waals surface area contributed by atoms with Crippen molar-refractivity contribution in [1.82, 2.24) is 20.5 Å². The summed E-state index contributed by atoms with van der Waals surface area (Å²) >= 11 is 13.0. The highest BCUT2D eigenvalue weighted by molar-refractivity contribution is 6.36. The first-order chi connectivity index (χ1) is 20.3. The minimum atomic E-state index is -0.685. The zero-order valence-electron chi connectivity index (χ0n) is 22.9. The number of aromatic nitrogens is 3. The van der Waals surface area contributed by atoms with Crippen molar-refractivity contribution in [3.8, 4) is 28.3 Å². The van der Waals surface area contributed by atoms with Crippen LogP contribution in [-0.2, 0) is 11.3 Å². The van der Waals surface area contributed by atoms with E-state index in [4.69, 9.17) is 37.7 Å². The van der Waals surface area contributed by atoms with Crippen molar-refractivity contribution in [3.05, 3.63) is 91.8 Å². The fourth-order valence-electron chi connectivity index (χ4n) is 4.91. The molecule has 2 aromatic heterocycles. The normalized spacial score (nSPS) is 16.7. The number of rotatable bonds is 8. The van der Waals surface area contributed by atoms with Gasteiger partial charge in [0.1, 0.15) is 5.56 Å². The van der Waals surface area contributed by atoms with Crippen molar-refractivity contribution in [2.45, 2.75) is 32.0 Å². The van der Waals surface area contributed by atoms with Crippen molar-refractivity contribution in [2.75, 3.05) is 25.6 Å². The monoisotopic (exact) mass is 609 g/mol. The second kappa shape index (κ2) is 13.0. The Morgan fingerprint density at radius 3 is 2.67 bits per heavy atom. The number of anilines is 1. The zero-order chi connectivity index (χ0) is 29.8. The van der Waals surface area contributed by atoms with Gasteiger partial charge in [0.05, 0.1) is 41.8 Å². The summed E-state index contributed by atoms with van der Waals surface area (Å²) in [4.78, 5) is 29.8. The van der Waals surface area contributed by atoms with Gasteiger partial charge in [-0.05, 0) is 36.6 Å². The van der Waals surface area contributed by atoms with E-state index in [9.17, 15) is 14.7 Å². The van der Waals surface area contributed by atoms with Crippen molar-refractivity contribution in [1.29, 1.82) is 0 Å². The number of hydrogen-bond donors (Lipinski definition) is 4. The van der Waals surface area contributed by atoms with Crippen LogP contribution in [0.5, 0.6) is 5.88 Å². The predicted molar refractivity (Wildman–Crippen MR) is 161 cm³/mol. The van der Waals surface area contributed by atoms with Crippen LogP contribution >= 0.6 is 23.2 Å². The second-order valence-corrected chi connectivity index (χ2v) is 10.6. The van der Waals surface area contributed by atoms with Crippen molar-refractivity contribution < 1.29 is 19.4 Å². The molecule has 1 fully saturated rings. The number of H-pyrrole nitrogens is 1. The molecule has 0 radical (unpaired) electrons. The summed E-state index contributed by atoms with van der Waals surface area (Å²) in [5, 5.41) is 22.6. The number of amides is 1. The summed E-state index contributed by atoms with van der Waals surface area (Å²) in [5.74, 6) is -0.199. The molecule has 1 unspecified atom stereocenters. The first-order valence-electron chi connectivity index (χ1n) is 13.2. The van der Waals surface area contributed by atoms with Crippen LogP contribution in [0.3, 0.4) is 0 Å². The molecule has 1 aliphatic heterocycles. The predicted octanol–water partition coefficient (Wildman–Crippen LogP) is 4.61. The standard InChI is InChI=1S/C30H29Cl2N5O5/c1-16-18(5-4-8-22(16)35-28(39)26-21(31)14-34-37-29(26)40)19-6-3-7-20(27(19)32)23-10-9-17(30(36-23)41-2)13-33-24-11-12-42-15-25(24)38/h3-10,14,24-25,33,38H,11-13,15H2,1-2H3,(H,35,39)(H,37,40)/t24?,25-/m0/s1. The van der Waals surface area contributed by atoms with Gasteiger partial charge in [0.25, 0.3) is 11.5 Å². The van der Waals surface area contributed by atoms with E-state index in [0.29, 0.717) is 47.6 Å². The van der Waals surface area contributed by atoms with Gasteiger partial charge in [-0.15, -0.1) is 0 Å². The van der Waals surface area contributed by atoms with Crippen LogP contribution in [-0.4, -0.2) is 58.7 Å². The Labute approximate surface area is 252 Å². The lowest BCUT2D eigenvalue weighted by Gasteiger charge is -2.28. The number of ether oxygens (including phenoxy) is 2. The maximum atomic E-state index is 12.9. The van der Waals surface area contributed by atoms with E-state index >= 15 is 0 Å². The van der Waals surface area contributed by atoms with Crippen molar-refractivity contribution in [3.63, 3.8) is 0 Å². The number of pyridine rings is 1. The fourth-order valence-corrected chi connectivity index (χ4v) is 5.45. The number of methoxy groups -OCH3 is 1. The van der Waals surface area contributed by atoms with Crippen LogP contribution in [0.25, 0.3) is 22.4 Å². The number of aliphatic hydroxyl groups is 1. The molecule has 2 atom stereocenters. The molecule has 1 saturated heterocycles.